The summed E-state index contributed by atoms with van der Waals surface area (Å²) in [5, 5.41) is 0. The fourth-order valence-corrected chi connectivity index (χ4v) is 6.16. The second kappa shape index (κ2) is 5.14. The standard InChI is InChI=1S/C20H25NO3/c1-21(11-13-2-3-17-18(7-13)24-12-23-17)19(22)20-8-14-4-15(9-20)6-16(5-14)10-20/h2-3,7,14-16H,4-6,8-12H2,1H3. The maximum Gasteiger partial charge on any atom is 0.231 e. The zero-order chi connectivity index (χ0) is 16.3. The van der Waals surface area contributed by atoms with Crippen LogP contribution in [0.2, 0.25) is 0 Å². The van der Waals surface area contributed by atoms with Crippen molar-refractivity contribution < 1.29 is 14.3 Å². The number of hydrogen-bond donors (Lipinski definition) is 0. The normalized spacial score (nSPS) is 35.3. The summed E-state index contributed by atoms with van der Waals surface area (Å²) in [7, 11) is 1.96. The Morgan fingerprint density at radius 1 is 1.08 bits per heavy atom. The summed E-state index contributed by atoms with van der Waals surface area (Å²) < 4.78 is 10.8. The van der Waals surface area contributed by atoms with Crippen LogP contribution in [0.3, 0.4) is 0 Å². The van der Waals surface area contributed by atoms with Gasteiger partial charge in [0.2, 0.25) is 12.7 Å². The van der Waals surface area contributed by atoms with Gasteiger partial charge in [-0.2, -0.15) is 0 Å². The molecule has 4 aliphatic carbocycles. The molecule has 4 nitrogen and oxygen atoms in total. The molecule has 4 saturated carbocycles. The third-order valence-electron chi connectivity index (χ3n) is 6.70. The van der Waals surface area contributed by atoms with E-state index in [4.69, 9.17) is 9.47 Å². The molecule has 6 rings (SSSR count). The van der Waals surface area contributed by atoms with Crippen molar-refractivity contribution in [1.82, 2.24) is 4.90 Å². The number of carbonyl (C=O) groups excluding carboxylic acids is 1. The molecule has 1 aliphatic heterocycles. The van der Waals surface area contributed by atoms with E-state index in [0.717, 1.165) is 54.1 Å². The molecule has 0 N–H and O–H groups in total. The smallest absolute Gasteiger partial charge is 0.231 e. The predicted octanol–water partition coefficient (Wildman–Crippen LogP) is 3.59. The molecule has 0 atom stereocenters. The first-order chi connectivity index (χ1) is 11.6. The summed E-state index contributed by atoms with van der Waals surface area (Å²) in [6.07, 6.45) is 7.51. The molecule has 1 aromatic carbocycles. The van der Waals surface area contributed by atoms with Gasteiger partial charge in [-0.1, -0.05) is 6.07 Å². The Morgan fingerprint density at radius 2 is 1.71 bits per heavy atom. The number of nitrogens with zero attached hydrogens (tertiary/aromatic N) is 1. The molecule has 1 heterocycles. The zero-order valence-electron chi connectivity index (χ0n) is 14.3. The van der Waals surface area contributed by atoms with Crippen molar-refractivity contribution in [3.8, 4) is 11.5 Å². The maximum absolute atomic E-state index is 13.3. The summed E-state index contributed by atoms with van der Waals surface area (Å²) >= 11 is 0. The van der Waals surface area contributed by atoms with Gasteiger partial charge < -0.3 is 14.4 Å². The molecule has 5 aliphatic rings. The third-order valence-corrected chi connectivity index (χ3v) is 6.70. The molecule has 0 aromatic heterocycles. The van der Waals surface area contributed by atoms with Crippen LogP contribution in [-0.4, -0.2) is 24.6 Å². The lowest BCUT2D eigenvalue weighted by molar-refractivity contribution is -0.156. The molecule has 4 heteroatoms. The number of rotatable bonds is 3. The molecule has 4 bridgehead atoms. The molecule has 4 fully saturated rings. The zero-order valence-corrected chi connectivity index (χ0v) is 14.3. The molecule has 0 radical (unpaired) electrons. The average Bonchev–Trinajstić information content (AvgIpc) is 3.00. The van der Waals surface area contributed by atoms with Crippen molar-refractivity contribution in [2.24, 2.45) is 23.2 Å². The van der Waals surface area contributed by atoms with Crippen molar-refractivity contribution in [3.63, 3.8) is 0 Å². The lowest BCUT2D eigenvalue weighted by Crippen LogP contribution is -2.53. The Bertz CT molecular complexity index is 648. The number of amides is 1. The second-order valence-corrected chi connectivity index (χ2v) is 8.55. The molecular weight excluding hydrogens is 302 g/mol. The van der Waals surface area contributed by atoms with Crippen LogP contribution in [0.25, 0.3) is 0 Å². The Balaban J connectivity index is 1.33. The highest BCUT2D eigenvalue weighted by atomic mass is 16.7. The van der Waals surface area contributed by atoms with E-state index in [1.807, 2.05) is 30.1 Å². The van der Waals surface area contributed by atoms with Gasteiger partial charge in [-0.3, -0.25) is 4.79 Å². The van der Waals surface area contributed by atoms with E-state index in [1.54, 1.807) is 0 Å². The van der Waals surface area contributed by atoms with Crippen molar-refractivity contribution in [2.45, 2.75) is 45.1 Å². The Morgan fingerprint density at radius 3 is 2.38 bits per heavy atom. The van der Waals surface area contributed by atoms with Crippen LogP contribution >= 0.6 is 0 Å². The van der Waals surface area contributed by atoms with Crippen LogP contribution in [0, 0.1) is 23.2 Å². The van der Waals surface area contributed by atoms with Crippen molar-refractivity contribution >= 4 is 5.91 Å². The lowest BCUT2D eigenvalue weighted by atomic mass is 9.49. The van der Waals surface area contributed by atoms with Gasteiger partial charge in [-0.15, -0.1) is 0 Å². The van der Waals surface area contributed by atoms with Gasteiger partial charge in [-0.25, -0.2) is 0 Å². The molecule has 1 aromatic rings. The van der Waals surface area contributed by atoms with Gasteiger partial charge in [0, 0.05) is 13.6 Å². The van der Waals surface area contributed by atoms with E-state index in [0.29, 0.717) is 19.2 Å². The Hall–Kier alpha value is -1.71. The van der Waals surface area contributed by atoms with Crippen LogP contribution < -0.4 is 9.47 Å². The minimum absolute atomic E-state index is 0.0557. The van der Waals surface area contributed by atoms with Crippen LogP contribution in [0.4, 0.5) is 0 Å². The van der Waals surface area contributed by atoms with E-state index in [1.165, 1.54) is 19.3 Å². The van der Waals surface area contributed by atoms with Gasteiger partial charge in [0.05, 0.1) is 5.41 Å². The van der Waals surface area contributed by atoms with E-state index >= 15 is 0 Å². The molecular formula is C20H25NO3. The highest BCUT2D eigenvalue weighted by Crippen LogP contribution is 2.60. The maximum atomic E-state index is 13.3. The molecule has 1 amide bonds. The minimum atomic E-state index is -0.0557. The van der Waals surface area contributed by atoms with Crippen LogP contribution in [-0.2, 0) is 11.3 Å². The second-order valence-electron chi connectivity index (χ2n) is 8.55. The Labute approximate surface area is 143 Å². The number of carbonyl (C=O) groups is 1. The van der Waals surface area contributed by atoms with Crippen molar-refractivity contribution in [3.05, 3.63) is 23.8 Å². The van der Waals surface area contributed by atoms with Gasteiger partial charge in [0.1, 0.15) is 0 Å². The molecule has 24 heavy (non-hydrogen) atoms. The first-order valence-electron chi connectivity index (χ1n) is 9.25. The van der Waals surface area contributed by atoms with Crippen LogP contribution in [0.5, 0.6) is 11.5 Å². The number of fused-ring (bicyclic) bond motifs is 1. The highest BCUT2D eigenvalue weighted by molar-refractivity contribution is 5.83. The number of hydrogen-bond acceptors (Lipinski definition) is 3. The van der Waals surface area contributed by atoms with Crippen LogP contribution in [0.15, 0.2) is 18.2 Å². The highest BCUT2D eigenvalue weighted by Gasteiger charge is 2.55. The number of benzene rings is 1. The van der Waals surface area contributed by atoms with Crippen molar-refractivity contribution in [1.29, 1.82) is 0 Å². The fourth-order valence-electron chi connectivity index (χ4n) is 6.16. The first kappa shape index (κ1) is 14.6. The van der Waals surface area contributed by atoms with E-state index in [2.05, 4.69) is 0 Å². The van der Waals surface area contributed by atoms with E-state index in [-0.39, 0.29) is 5.41 Å². The summed E-state index contributed by atoms with van der Waals surface area (Å²) in [6, 6.07) is 5.99. The van der Waals surface area contributed by atoms with Gasteiger partial charge >= 0.3 is 0 Å². The SMILES string of the molecule is CN(Cc1ccc2c(c1)OCO2)C(=O)C12CC3CC(CC(C3)C1)C2. The molecule has 0 spiro atoms. The van der Waals surface area contributed by atoms with Crippen LogP contribution in [0.1, 0.15) is 44.1 Å². The topological polar surface area (TPSA) is 38.8 Å². The third kappa shape index (κ3) is 2.22. The number of ether oxygens (including phenoxy) is 2. The minimum Gasteiger partial charge on any atom is -0.454 e. The lowest BCUT2D eigenvalue weighted by Gasteiger charge is -2.56. The van der Waals surface area contributed by atoms with E-state index in [9.17, 15) is 4.79 Å². The van der Waals surface area contributed by atoms with Gasteiger partial charge in [-0.05, 0) is 74.0 Å². The fraction of sp³-hybridized carbons (Fsp3) is 0.650. The Kier molecular flexibility index (Phi) is 3.13. The molecule has 128 valence electrons. The summed E-state index contributed by atoms with van der Waals surface area (Å²) in [6.45, 7) is 0.943. The summed E-state index contributed by atoms with van der Waals surface area (Å²) in [4.78, 5) is 15.3. The van der Waals surface area contributed by atoms with E-state index < -0.39 is 0 Å². The molecule has 0 unspecified atom stereocenters. The summed E-state index contributed by atoms with van der Waals surface area (Å²) in [5.41, 5.74) is 1.06. The quantitative estimate of drug-likeness (QED) is 0.851. The largest absolute Gasteiger partial charge is 0.454 e. The average molecular weight is 327 g/mol. The monoisotopic (exact) mass is 327 g/mol. The van der Waals surface area contributed by atoms with Gasteiger partial charge in [0.25, 0.3) is 0 Å². The molecule has 0 saturated heterocycles. The first-order valence-corrected chi connectivity index (χ1v) is 9.25. The van der Waals surface area contributed by atoms with Crippen molar-refractivity contribution in [2.75, 3.05) is 13.8 Å². The summed E-state index contributed by atoms with van der Waals surface area (Å²) in [5.74, 6) is 4.38. The van der Waals surface area contributed by atoms with Gasteiger partial charge in [0.15, 0.2) is 11.5 Å². The predicted molar refractivity (Wildman–Crippen MR) is 89.6 cm³/mol.